The number of aliphatic hydroxyl groups excluding tert-OH is 1. The Hall–Kier alpha value is 1.06. The zero-order chi connectivity index (χ0) is 10.1. The van der Waals surface area contributed by atoms with Gasteiger partial charge in [0.25, 0.3) is 0 Å². The molecule has 1 N–H and O–H groups in total. The summed E-state index contributed by atoms with van der Waals surface area (Å²) in [5.41, 5.74) is 0. The van der Waals surface area contributed by atoms with Crippen LogP contribution < -0.4 is 0 Å². The molecule has 1 rings (SSSR count). The molecule has 1 aliphatic heterocycles. The molecule has 0 radical (unpaired) electrons. The van der Waals surface area contributed by atoms with Crippen LogP contribution in [0, 0.1) is 0 Å². The van der Waals surface area contributed by atoms with Gasteiger partial charge in [-0.1, -0.05) is 0 Å². The zero-order valence-corrected chi connectivity index (χ0v) is 14.7. The van der Waals surface area contributed by atoms with Gasteiger partial charge in [-0.3, -0.25) is 0 Å². The Labute approximate surface area is 98.8 Å². The van der Waals surface area contributed by atoms with Crippen LogP contribution in [0.1, 0.15) is 12.8 Å². The second-order valence-electron chi connectivity index (χ2n) is 5.71. The van der Waals surface area contributed by atoms with E-state index in [1.54, 1.807) is 0 Å². The van der Waals surface area contributed by atoms with Crippen molar-refractivity contribution >= 4 is 34.1 Å². The number of hydrogen-bond donors (Lipinski definition) is 1. The van der Waals surface area contributed by atoms with Crippen LogP contribution in [0.4, 0.5) is 0 Å². The summed E-state index contributed by atoms with van der Waals surface area (Å²) in [4.78, 5) is 0. The molecule has 2 nitrogen and oxygen atoms in total. The van der Waals surface area contributed by atoms with E-state index in [9.17, 15) is 5.11 Å². The molecule has 13 heavy (non-hydrogen) atoms. The molecule has 1 unspecified atom stereocenters. The third-order valence-corrected chi connectivity index (χ3v) is 7.12. The summed E-state index contributed by atoms with van der Waals surface area (Å²) in [7, 11) is -1.34. The monoisotopic (exact) mass is 392 g/mol. The topological polar surface area (TPSA) is 23.5 Å². The van der Waals surface area contributed by atoms with E-state index in [4.69, 9.17) is 0 Å². The number of rotatable bonds is 3. The van der Waals surface area contributed by atoms with Crippen LogP contribution in [0.25, 0.3) is 0 Å². The minimum atomic E-state index is -1.34. The Morgan fingerprint density at radius 1 is 1.54 bits per heavy atom. The van der Waals surface area contributed by atoms with Crippen molar-refractivity contribution in [3.05, 3.63) is 0 Å². The van der Waals surface area contributed by atoms with E-state index in [0.29, 0.717) is 6.04 Å². The van der Waals surface area contributed by atoms with Gasteiger partial charge in [-0.05, 0) is 0 Å². The molecule has 1 fully saturated rings. The number of hydrogen-bond acceptors (Lipinski definition) is 2. The quantitative estimate of drug-likeness (QED) is 0.725. The molecule has 0 aromatic rings. The second-order valence-corrected chi connectivity index (χ2v) is 14.7. The third-order valence-electron chi connectivity index (χ3n) is 2.73. The molecule has 0 spiro atoms. The first-order valence-electron chi connectivity index (χ1n) is 5.38. The van der Waals surface area contributed by atoms with Gasteiger partial charge in [0.2, 0.25) is 0 Å². The molecule has 0 aromatic carbocycles. The van der Waals surface area contributed by atoms with Crippen LogP contribution in [-0.4, -0.2) is 60.6 Å². The second kappa shape index (κ2) is 4.72. The normalized spacial score (nSPS) is 29.0. The van der Waals surface area contributed by atoms with Crippen LogP contribution in [0.15, 0.2) is 0 Å². The maximum absolute atomic E-state index is 10.1. The molecular weight excluding hydrogens is 371 g/mol. The average Bonchev–Trinajstić information content (AvgIpc) is 2.30. The van der Waals surface area contributed by atoms with Gasteiger partial charge < -0.3 is 0 Å². The fourth-order valence-corrected chi connectivity index (χ4v) is 5.93. The number of nitrogens with zero attached hydrogens (tertiary/aromatic N) is 1. The fourth-order valence-electron chi connectivity index (χ4n) is 2.11. The van der Waals surface area contributed by atoms with E-state index < -0.39 is 8.07 Å². The molecule has 1 aliphatic rings. The molecule has 1 saturated heterocycles. The first-order chi connectivity index (χ1) is 5.90. The Balaban J connectivity index is 2.43. The minimum absolute atomic E-state index is 0.0301. The van der Waals surface area contributed by atoms with Gasteiger partial charge in [-0.15, -0.1) is 0 Å². The van der Waals surface area contributed by atoms with Gasteiger partial charge >= 0.3 is 99.2 Å². The fraction of sp³-hybridized carbons (Fsp3) is 1.00. The Morgan fingerprint density at radius 3 is 2.54 bits per heavy atom. The predicted molar refractivity (Wildman–Crippen MR) is 61.0 cm³/mol. The van der Waals surface area contributed by atoms with Crippen molar-refractivity contribution in [1.82, 2.24) is 2.71 Å². The van der Waals surface area contributed by atoms with Gasteiger partial charge in [0.15, 0.2) is 0 Å². The van der Waals surface area contributed by atoms with Crippen molar-refractivity contribution < 1.29 is 5.11 Å². The Morgan fingerprint density at radius 2 is 2.15 bits per heavy atom. The molecule has 76 valence electrons. The van der Waals surface area contributed by atoms with Gasteiger partial charge in [-0.25, -0.2) is 0 Å². The Kier molecular flexibility index (Phi) is 4.40. The van der Waals surface area contributed by atoms with E-state index in [2.05, 4.69) is 22.4 Å². The molecule has 0 amide bonds. The summed E-state index contributed by atoms with van der Waals surface area (Å²) in [5, 5.41) is 10.1. The van der Waals surface area contributed by atoms with Crippen molar-refractivity contribution in [1.29, 1.82) is 0 Å². The first-order valence-corrected chi connectivity index (χ1v) is 11.7. The van der Waals surface area contributed by atoms with Crippen LogP contribution in [-0.2, 0) is 0 Å². The van der Waals surface area contributed by atoms with Crippen molar-refractivity contribution in [2.75, 3.05) is 6.54 Å². The molecule has 0 aliphatic carbocycles. The van der Waals surface area contributed by atoms with Gasteiger partial charge in [0, 0.05) is 0 Å². The third kappa shape index (κ3) is 3.97. The summed E-state index contributed by atoms with van der Waals surface area (Å²) in [6.07, 6.45) is 2.50. The summed E-state index contributed by atoms with van der Waals surface area (Å²) in [5.74, 6) is 0. The summed E-state index contributed by atoms with van der Waals surface area (Å²) in [6.45, 7) is 8.34. The first kappa shape index (κ1) is 12.1. The summed E-state index contributed by atoms with van der Waals surface area (Å²) >= 11 is 0.914. The van der Waals surface area contributed by atoms with Gasteiger partial charge in [-0.2, -0.15) is 0 Å². The molecular formula is C9H21NOSiTl-. The van der Waals surface area contributed by atoms with E-state index in [1.807, 2.05) is 0 Å². The van der Waals surface area contributed by atoms with Crippen molar-refractivity contribution in [3.8, 4) is 0 Å². The van der Waals surface area contributed by atoms with Crippen LogP contribution in [0.3, 0.4) is 0 Å². The molecule has 4 heteroatoms. The van der Waals surface area contributed by atoms with Crippen molar-refractivity contribution in [3.63, 3.8) is 0 Å². The zero-order valence-electron chi connectivity index (χ0n) is 9.03. The van der Waals surface area contributed by atoms with Crippen LogP contribution in [0.5, 0.6) is 0 Å². The van der Waals surface area contributed by atoms with E-state index >= 15 is 0 Å². The van der Waals surface area contributed by atoms with E-state index in [-0.39, 0.29) is 6.10 Å². The SMILES string of the molecule is C[SiH-](C)(C)C[C@@H](O)C1CCC[N]1[Tl]. The average molecular weight is 392 g/mol. The van der Waals surface area contributed by atoms with Crippen LogP contribution >= 0.6 is 0 Å². The van der Waals surface area contributed by atoms with E-state index in [1.165, 1.54) is 19.4 Å². The summed E-state index contributed by atoms with van der Waals surface area (Å²) < 4.78 is 2.48. The Bertz CT molecular complexity index is 171. The molecule has 1 heterocycles. The predicted octanol–water partition coefficient (Wildman–Crippen LogP) is 0.966. The molecule has 0 aromatic heterocycles. The van der Waals surface area contributed by atoms with Gasteiger partial charge in [0.1, 0.15) is 0 Å². The molecule has 2 atom stereocenters. The molecule has 0 saturated carbocycles. The van der Waals surface area contributed by atoms with Gasteiger partial charge in [0.05, 0.1) is 0 Å². The van der Waals surface area contributed by atoms with Crippen LogP contribution in [0.2, 0.25) is 25.7 Å². The maximum atomic E-state index is 10.1. The number of aliphatic hydroxyl groups is 1. The summed E-state index contributed by atoms with van der Waals surface area (Å²) in [6, 6.07) is 1.62. The van der Waals surface area contributed by atoms with Crippen molar-refractivity contribution in [2.24, 2.45) is 0 Å². The standard InChI is InChI=1S/C9H21NOSi.Tl/c1-12(2,3)7-9(11)8-5-4-6-10-8;/h8-9,11-12H,4-7H2,1-3H3;/q-2;+1/t8?,9-;/m1./s1. The molecule has 0 bridgehead atoms. The van der Waals surface area contributed by atoms with E-state index in [0.717, 1.165) is 32.1 Å². The van der Waals surface area contributed by atoms with Crippen molar-refractivity contribution in [2.45, 2.75) is 50.7 Å².